The maximum absolute atomic E-state index is 12.5. The Labute approximate surface area is 141 Å². The number of aliphatic hydroxyl groups excluding tert-OH is 1. The summed E-state index contributed by atoms with van der Waals surface area (Å²) >= 11 is 0. The summed E-state index contributed by atoms with van der Waals surface area (Å²) in [6, 6.07) is 9.85. The lowest BCUT2D eigenvalue weighted by atomic mass is 10.1. The summed E-state index contributed by atoms with van der Waals surface area (Å²) in [6.07, 6.45) is 0.692. The van der Waals surface area contributed by atoms with E-state index in [4.69, 9.17) is 0 Å². The highest BCUT2D eigenvalue weighted by Crippen LogP contribution is 2.06. The van der Waals surface area contributed by atoms with Crippen LogP contribution in [0.4, 0.5) is 0 Å². The number of aromatic nitrogens is 2. The summed E-state index contributed by atoms with van der Waals surface area (Å²) in [5.74, 6) is 0.351. The van der Waals surface area contributed by atoms with Crippen molar-refractivity contribution >= 4 is 5.91 Å². The van der Waals surface area contributed by atoms with E-state index in [2.05, 4.69) is 9.97 Å². The Balaban J connectivity index is 2.07. The maximum Gasteiger partial charge on any atom is 0.254 e. The first-order valence-corrected chi connectivity index (χ1v) is 8.00. The number of hydrogen-bond donors (Lipinski definition) is 2. The highest BCUT2D eigenvalue weighted by molar-refractivity contribution is 5.79. The van der Waals surface area contributed by atoms with Crippen LogP contribution < -0.4 is 5.56 Å². The van der Waals surface area contributed by atoms with Gasteiger partial charge in [-0.1, -0.05) is 30.3 Å². The average molecular weight is 329 g/mol. The third-order valence-electron chi connectivity index (χ3n) is 3.90. The molecule has 2 rings (SSSR count). The molecule has 24 heavy (non-hydrogen) atoms. The van der Waals surface area contributed by atoms with Crippen molar-refractivity contribution in [3.05, 3.63) is 63.3 Å². The van der Waals surface area contributed by atoms with E-state index in [0.29, 0.717) is 30.0 Å². The Bertz CT molecular complexity index is 741. The summed E-state index contributed by atoms with van der Waals surface area (Å²) < 4.78 is 0. The van der Waals surface area contributed by atoms with Crippen molar-refractivity contribution in [2.75, 3.05) is 19.7 Å². The second kappa shape index (κ2) is 8.40. The lowest BCUT2D eigenvalue weighted by Crippen LogP contribution is -2.37. The van der Waals surface area contributed by atoms with Crippen LogP contribution in [0.1, 0.15) is 22.6 Å². The van der Waals surface area contributed by atoms with Crippen molar-refractivity contribution in [2.45, 2.75) is 26.7 Å². The average Bonchev–Trinajstić information content (AvgIpc) is 2.55. The minimum absolute atomic E-state index is 0.0107. The second-order valence-corrected chi connectivity index (χ2v) is 5.73. The Morgan fingerprint density at radius 1 is 1.21 bits per heavy atom. The standard InChI is InChI=1S/C18H23N3O3/c1-13-16(18(24)20-14(2)19-13)12-17(23)21(10-11-22)9-8-15-6-4-3-5-7-15/h3-7,22H,8-12H2,1-2H3,(H,19,20,24). The van der Waals surface area contributed by atoms with Gasteiger partial charge in [0.25, 0.3) is 5.56 Å². The van der Waals surface area contributed by atoms with Gasteiger partial charge in [-0.15, -0.1) is 0 Å². The number of nitrogens with one attached hydrogen (secondary N) is 1. The van der Waals surface area contributed by atoms with Gasteiger partial charge in [0.1, 0.15) is 5.82 Å². The summed E-state index contributed by atoms with van der Waals surface area (Å²) in [5.41, 5.74) is 1.80. The Morgan fingerprint density at radius 3 is 2.54 bits per heavy atom. The molecule has 6 heteroatoms. The third kappa shape index (κ3) is 4.76. The van der Waals surface area contributed by atoms with E-state index in [0.717, 1.165) is 5.56 Å². The van der Waals surface area contributed by atoms with Crippen LogP contribution in [0.25, 0.3) is 0 Å². The van der Waals surface area contributed by atoms with Crippen LogP contribution in [-0.4, -0.2) is 45.6 Å². The SMILES string of the molecule is Cc1nc(C)c(CC(=O)N(CCO)CCc2ccccc2)c(=O)[nH]1. The molecule has 0 unspecified atom stereocenters. The van der Waals surface area contributed by atoms with Crippen LogP contribution >= 0.6 is 0 Å². The molecule has 1 aromatic carbocycles. The van der Waals surface area contributed by atoms with Crippen LogP contribution in [0.15, 0.2) is 35.1 Å². The fourth-order valence-electron chi connectivity index (χ4n) is 2.61. The van der Waals surface area contributed by atoms with Crippen LogP contribution in [0.3, 0.4) is 0 Å². The zero-order valence-corrected chi connectivity index (χ0v) is 14.1. The van der Waals surface area contributed by atoms with Crippen molar-refractivity contribution in [1.82, 2.24) is 14.9 Å². The van der Waals surface area contributed by atoms with Gasteiger partial charge < -0.3 is 15.0 Å². The van der Waals surface area contributed by atoms with Gasteiger partial charge in [-0.3, -0.25) is 9.59 Å². The van der Waals surface area contributed by atoms with Crippen molar-refractivity contribution in [3.8, 4) is 0 Å². The van der Waals surface area contributed by atoms with Crippen molar-refractivity contribution in [3.63, 3.8) is 0 Å². The number of hydrogen-bond acceptors (Lipinski definition) is 4. The number of benzene rings is 1. The smallest absolute Gasteiger partial charge is 0.254 e. The Morgan fingerprint density at radius 2 is 1.92 bits per heavy atom. The monoisotopic (exact) mass is 329 g/mol. The molecule has 0 saturated carbocycles. The number of carbonyl (C=O) groups is 1. The first-order chi connectivity index (χ1) is 11.5. The van der Waals surface area contributed by atoms with Crippen LogP contribution in [-0.2, 0) is 17.6 Å². The Hall–Kier alpha value is -2.47. The molecular weight excluding hydrogens is 306 g/mol. The van der Waals surface area contributed by atoms with E-state index in [1.807, 2.05) is 30.3 Å². The summed E-state index contributed by atoms with van der Waals surface area (Å²) in [6.45, 7) is 4.08. The van der Waals surface area contributed by atoms with Crippen molar-refractivity contribution < 1.29 is 9.90 Å². The normalized spacial score (nSPS) is 10.6. The molecule has 0 atom stereocenters. The van der Waals surface area contributed by atoms with Gasteiger partial charge in [-0.05, 0) is 25.8 Å². The molecule has 6 nitrogen and oxygen atoms in total. The van der Waals surface area contributed by atoms with Crippen LogP contribution in [0, 0.1) is 13.8 Å². The molecule has 1 heterocycles. The first-order valence-electron chi connectivity index (χ1n) is 8.00. The fourth-order valence-corrected chi connectivity index (χ4v) is 2.61. The van der Waals surface area contributed by atoms with E-state index >= 15 is 0 Å². The molecule has 2 N–H and O–H groups in total. The molecule has 128 valence electrons. The predicted octanol–water partition coefficient (Wildman–Crippen LogP) is 0.993. The molecule has 0 aliphatic carbocycles. The molecule has 0 saturated heterocycles. The van der Waals surface area contributed by atoms with Gasteiger partial charge in [0.05, 0.1) is 13.0 Å². The van der Waals surface area contributed by atoms with E-state index < -0.39 is 0 Å². The zero-order chi connectivity index (χ0) is 17.5. The van der Waals surface area contributed by atoms with Gasteiger partial charge in [0.2, 0.25) is 5.91 Å². The van der Waals surface area contributed by atoms with Gasteiger partial charge in [-0.2, -0.15) is 0 Å². The Kier molecular flexibility index (Phi) is 6.26. The van der Waals surface area contributed by atoms with Crippen LogP contribution in [0.5, 0.6) is 0 Å². The number of rotatable bonds is 7. The maximum atomic E-state index is 12.5. The molecule has 1 aromatic heterocycles. The largest absolute Gasteiger partial charge is 0.395 e. The number of aryl methyl sites for hydroxylation is 2. The van der Waals surface area contributed by atoms with E-state index in [9.17, 15) is 14.7 Å². The molecule has 0 radical (unpaired) electrons. The number of nitrogens with zero attached hydrogens (tertiary/aromatic N) is 2. The minimum atomic E-state index is -0.277. The van der Waals surface area contributed by atoms with E-state index in [1.165, 1.54) is 0 Å². The number of amides is 1. The summed E-state index contributed by atoms with van der Waals surface area (Å²) in [5, 5.41) is 9.22. The topological polar surface area (TPSA) is 86.3 Å². The highest BCUT2D eigenvalue weighted by Gasteiger charge is 2.17. The van der Waals surface area contributed by atoms with Gasteiger partial charge in [0.15, 0.2) is 0 Å². The molecular formula is C18H23N3O3. The number of carbonyl (C=O) groups excluding carboxylic acids is 1. The molecule has 0 fully saturated rings. The number of aromatic amines is 1. The van der Waals surface area contributed by atoms with Crippen LogP contribution in [0.2, 0.25) is 0 Å². The van der Waals surface area contributed by atoms with E-state index in [1.54, 1.807) is 18.7 Å². The van der Waals surface area contributed by atoms with E-state index in [-0.39, 0.29) is 31.0 Å². The quantitative estimate of drug-likeness (QED) is 0.793. The molecule has 0 spiro atoms. The first kappa shape index (κ1) is 17.9. The highest BCUT2D eigenvalue weighted by atomic mass is 16.3. The number of aliphatic hydroxyl groups is 1. The molecule has 2 aromatic rings. The minimum Gasteiger partial charge on any atom is -0.395 e. The lowest BCUT2D eigenvalue weighted by molar-refractivity contribution is -0.131. The third-order valence-corrected chi connectivity index (χ3v) is 3.90. The predicted molar refractivity (Wildman–Crippen MR) is 91.8 cm³/mol. The molecule has 1 amide bonds. The summed E-state index contributed by atoms with van der Waals surface area (Å²) in [7, 11) is 0. The second-order valence-electron chi connectivity index (χ2n) is 5.73. The molecule has 0 bridgehead atoms. The zero-order valence-electron chi connectivity index (χ0n) is 14.1. The summed E-state index contributed by atoms with van der Waals surface area (Å²) in [4.78, 5) is 33.0. The van der Waals surface area contributed by atoms with Gasteiger partial charge in [-0.25, -0.2) is 4.98 Å². The van der Waals surface area contributed by atoms with Gasteiger partial charge >= 0.3 is 0 Å². The number of H-pyrrole nitrogens is 1. The molecule has 0 aliphatic rings. The lowest BCUT2D eigenvalue weighted by Gasteiger charge is -2.22. The fraction of sp³-hybridized carbons (Fsp3) is 0.389. The van der Waals surface area contributed by atoms with Gasteiger partial charge in [0, 0.05) is 24.3 Å². The van der Waals surface area contributed by atoms with Crippen molar-refractivity contribution in [2.24, 2.45) is 0 Å². The van der Waals surface area contributed by atoms with Crippen molar-refractivity contribution in [1.29, 1.82) is 0 Å². The molecule has 0 aliphatic heterocycles.